The quantitative estimate of drug-likeness (QED) is 0.623. The van der Waals surface area contributed by atoms with Gasteiger partial charge in [0.25, 0.3) is 5.91 Å². The third kappa shape index (κ3) is 6.76. The third-order valence-corrected chi connectivity index (χ3v) is 4.16. The summed E-state index contributed by atoms with van der Waals surface area (Å²) in [5.41, 5.74) is 5.21. The Morgan fingerprint density at radius 2 is 1.69 bits per heavy atom. The predicted octanol–water partition coefficient (Wildman–Crippen LogP) is 3.95. The molecule has 0 radical (unpaired) electrons. The van der Waals surface area contributed by atoms with Gasteiger partial charge in [0.05, 0.1) is 16.8 Å². The first-order valence-electron chi connectivity index (χ1n) is 8.77. The van der Waals surface area contributed by atoms with Gasteiger partial charge in [-0.15, -0.1) is 12.4 Å². The molecular weight excluding hydrogens is 407 g/mol. The highest BCUT2D eigenvalue weighted by Gasteiger charge is 2.34. The van der Waals surface area contributed by atoms with Gasteiger partial charge in [0.2, 0.25) is 5.91 Å². The number of rotatable bonds is 7. The first-order valence-corrected chi connectivity index (χ1v) is 8.77. The van der Waals surface area contributed by atoms with E-state index >= 15 is 0 Å². The number of halogens is 4. The number of benzene rings is 2. The van der Waals surface area contributed by atoms with Crippen LogP contribution >= 0.6 is 12.4 Å². The molecule has 0 saturated heterocycles. The van der Waals surface area contributed by atoms with Crippen LogP contribution in [-0.4, -0.2) is 24.9 Å². The Morgan fingerprint density at radius 3 is 2.34 bits per heavy atom. The normalized spacial score (nSPS) is 11.9. The maximum atomic E-state index is 13.2. The van der Waals surface area contributed by atoms with Crippen LogP contribution in [0.3, 0.4) is 0 Å². The minimum absolute atomic E-state index is 0. The largest absolute Gasteiger partial charge is 0.416 e. The number of amides is 2. The summed E-state index contributed by atoms with van der Waals surface area (Å²) in [5.74, 6) is -1.53. The van der Waals surface area contributed by atoms with Crippen LogP contribution in [0.1, 0.15) is 40.7 Å². The van der Waals surface area contributed by atoms with Crippen molar-refractivity contribution in [3.05, 3.63) is 65.2 Å². The standard InChI is InChI=1S/C20H22F3N3O2.ClH/c1-13(14-6-2-4-8-16(14)20(21,22)23)12-18(27)26-17-9-5-3-7-15(17)19(28)25-11-10-24;/h2-9,13H,10-12,24H2,1H3,(H,25,28)(H,26,27);1H. The zero-order chi connectivity index (χ0) is 20.7. The van der Waals surface area contributed by atoms with Gasteiger partial charge in [-0.3, -0.25) is 9.59 Å². The molecule has 4 N–H and O–H groups in total. The molecule has 29 heavy (non-hydrogen) atoms. The fourth-order valence-electron chi connectivity index (χ4n) is 2.85. The van der Waals surface area contributed by atoms with Gasteiger partial charge in [0.1, 0.15) is 0 Å². The molecule has 0 bridgehead atoms. The highest BCUT2D eigenvalue weighted by molar-refractivity contribution is 6.03. The Kier molecular flexibility index (Phi) is 9.13. The molecule has 2 aromatic carbocycles. The SMILES string of the molecule is CC(CC(=O)Nc1ccccc1C(=O)NCCN)c1ccccc1C(F)(F)F.Cl. The second-order valence-corrected chi connectivity index (χ2v) is 6.33. The summed E-state index contributed by atoms with van der Waals surface area (Å²) in [6.45, 7) is 2.12. The monoisotopic (exact) mass is 429 g/mol. The van der Waals surface area contributed by atoms with E-state index in [4.69, 9.17) is 5.73 Å². The summed E-state index contributed by atoms with van der Waals surface area (Å²) in [7, 11) is 0. The Balaban J connectivity index is 0.00000420. The number of hydrogen-bond acceptors (Lipinski definition) is 3. The van der Waals surface area contributed by atoms with Crippen LogP contribution in [0.5, 0.6) is 0 Å². The van der Waals surface area contributed by atoms with Gasteiger partial charge in [-0.1, -0.05) is 37.3 Å². The van der Waals surface area contributed by atoms with Crippen molar-refractivity contribution < 1.29 is 22.8 Å². The summed E-state index contributed by atoms with van der Waals surface area (Å²) in [4.78, 5) is 24.6. The second kappa shape index (κ2) is 10.8. The maximum absolute atomic E-state index is 13.2. The molecule has 1 unspecified atom stereocenters. The Hall–Kier alpha value is -2.58. The summed E-state index contributed by atoms with van der Waals surface area (Å²) in [6.07, 6.45) is -4.65. The number of anilines is 1. The Bertz CT molecular complexity index is 844. The number of carbonyl (C=O) groups excluding carboxylic acids is 2. The first-order chi connectivity index (χ1) is 13.2. The van der Waals surface area contributed by atoms with Gasteiger partial charge in [0.15, 0.2) is 0 Å². The van der Waals surface area contributed by atoms with Crippen LogP contribution in [0.15, 0.2) is 48.5 Å². The smallest absolute Gasteiger partial charge is 0.351 e. The van der Waals surface area contributed by atoms with E-state index in [-0.39, 0.29) is 43.0 Å². The van der Waals surface area contributed by atoms with Crippen molar-refractivity contribution in [3.63, 3.8) is 0 Å². The lowest BCUT2D eigenvalue weighted by Crippen LogP contribution is -2.30. The van der Waals surface area contributed by atoms with Crippen molar-refractivity contribution in [1.29, 1.82) is 0 Å². The summed E-state index contributed by atoms with van der Waals surface area (Å²) < 4.78 is 39.5. The van der Waals surface area contributed by atoms with E-state index in [0.29, 0.717) is 5.69 Å². The zero-order valence-corrected chi connectivity index (χ0v) is 16.6. The van der Waals surface area contributed by atoms with Gasteiger partial charge >= 0.3 is 6.18 Å². The molecule has 0 heterocycles. The molecule has 0 aliphatic rings. The average molecular weight is 430 g/mol. The lowest BCUT2D eigenvalue weighted by molar-refractivity contribution is -0.138. The van der Waals surface area contributed by atoms with E-state index < -0.39 is 29.5 Å². The fraction of sp³-hybridized carbons (Fsp3) is 0.300. The molecule has 0 spiro atoms. The molecule has 2 rings (SSSR count). The lowest BCUT2D eigenvalue weighted by atomic mass is 9.92. The van der Waals surface area contributed by atoms with E-state index in [2.05, 4.69) is 10.6 Å². The average Bonchev–Trinajstić information content (AvgIpc) is 2.65. The van der Waals surface area contributed by atoms with Crippen LogP contribution in [0.4, 0.5) is 18.9 Å². The van der Waals surface area contributed by atoms with Crippen LogP contribution in [0.25, 0.3) is 0 Å². The van der Waals surface area contributed by atoms with Gasteiger partial charge in [-0.2, -0.15) is 13.2 Å². The van der Waals surface area contributed by atoms with E-state index in [9.17, 15) is 22.8 Å². The number of nitrogens with two attached hydrogens (primary N) is 1. The van der Waals surface area contributed by atoms with E-state index in [1.54, 1.807) is 31.2 Å². The molecule has 0 aliphatic heterocycles. The lowest BCUT2D eigenvalue weighted by Gasteiger charge is -2.18. The predicted molar refractivity (Wildman–Crippen MR) is 108 cm³/mol. The summed E-state index contributed by atoms with van der Waals surface area (Å²) in [5, 5.41) is 5.23. The van der Waals surface area contributed by atoms with Gasteiger partial charge in [-0.05, 0) is 29.7 Å². The highest BCUT2D eigenvalue weighted by atomic mass is 35.5. The van der Waals surface area contributed by atoms with E-state index in [0.717, 1.165) is 6.07 Å². The molecule has 0 aromatic heterocycles. The molecule has 1 atom stereocenters. The molecule has 0 saturated carbocycles. The van der Waals surface area contributed by atoms with Crippen molar-refractivity contribution in [3.8, 4) is 0 Å². The van der Waals surface area contributed by atoms with Crippen molar-refractivity contribution >= 4 is 29.9 Å². The second-order valence-electron chi connectivity index (χ2n) is 6.33. The van der Waals surface area contributed by atoms with Crippen LogP contribution in [0.2, 0.25) is 0 Å². The fourth-order valence-corrected chi connectivity index (χ4v) is 2.85. The number of alkyl halides is 3. The molecule has 0 aliphatic carbocycles. The topological polar surface area (TPSA) is 84.2 Å². The number of carbonyl (C=O) groups is 2. The van der Waals surface area contributed by atoms with Crippen LogP contribution < -0.4 is 16.4 Å². The van der Waals surface area contributed by atoms with Gasteiger partial charge in [0, 0.05) is 19.5 Å². The molecule has 2 aromatic rings. The van der Waals surface area contributed by atoms with Crippen molar-refractivity contribution in [2.45, 2.75) is 25.4 Å². The summed E-state index contributed by atoms with van der Waals surface area (Å²) >= 11 is 0. The molecule has 0 fully saturated rings. The molecule has 5 nitrogen and oxygen atoms in total. The molecule has 9 heteroatoms. The van der Waals surface area contributed by atoms with Crippen LogP contribution in [0, 0.1) is 0 Å². The van der Waals surface area contributed by atoms with Crippen molar-refractivity contribution in [2.75, 3.05) is 18.4 Å². The number of para-hydroxylation sites is 1. The minimum Gasteiger partial charge on any atom is -0.351 e. The van der Waals surface area contributed by atoms with Crippen molar-refractivity contribution in [2.24, 2.45) is 5.73 Å². The summed E-state index contributed by atoms with van der Waals surface area (Å²) in [6, 6.07) is 11.6. The Labute approximate surface area is 173 Å². The first kappa shape index (κ1) is 24.5. The van der Waals surface area contributed by atoms with Gasteiger partial charge in [-0.25, -0.2) is 0 Å². The van der Waals surface area contributed by atoms with E-state index in [1.807, 2.05) is 0 Å². The minimum atomic E-state index is -4.49. The van der Waals surface area contributed by atoms with Crippen molar-refractivity contribution in [1.82, 2.24) is 5.32 Å². The Morgan fingerprint density at radius 1 is 1.07 bits per heavy atom. The molecule has 158 valence electrons. The zero-order valence-electron chi connectivity index (χ0n) is 15.8. The third-order valence-electron chi connectivity index (χ3n) is 4.16. The number of nitrogens with one attached hydrogen (secondary N) is 2. The van der Waals surface area contributed by atoms with Gasteiger partial charge < -0.3 is 16.4 Å². The molecule has 2 amide bonds. The maximum Gasteiger partial charge on any atom is 0.416 e. The molecular formula is C20H23ClF3N3O2. The number of hydrogen-bond donors (Lipinski definition) is 3. The highest BCUT2D eigenvalue weighted by Crippen LogP contribution is 2.36. The van der Waals surface area contributed by atoms with Crippen LogP contribution in [-0.2, 0) is 11.0 Å². The van der Waals surface area contributed by atoms with E-state index in [1.165, 1.54) is 18.2 Å².